The molecule has 0 saturated heterocycles. The Morgan fingerprint density at radius 2 is 1.84 bits per heavy atom. The van der Waals surface area contributed by atoms with Crippen LogP contribution in [0.2, 0.25) is 0 Å². The summed E-state index contributed by atoms with van der Waals surface area (Å²) in [6.07, 6.45) is 2.12. The first kappa shape index (κ1) is 15.3. The SMILES string of the molecule is Nc1ncc2c(c1O)c1cc(F)cnc1n2S(=O)(=O)c1ccccc1. The van der Waals surface area contributed by atoms with Gasteiger partial charge in [0.05, 0.1) is 28.2 Å². The minimum atomic E-state index is -4.05. The highest BCUT2D eigenvalue weighted by molar-refractivity contribution is 7.90. The predicted octanol–water partition coefficient (Wildman–Crippen LogP) is 2.25. The van der Waals surface area contributed by atoms with Crippen LogP contribution in [0.4, 0.5) is 10.2 Å². The normalized spacial score (nSPS) is 12.0. The Morgan fingerprint density at radius 1 is 1.12 bits per heavy atom. The highest BCUT2D eigenvalue weighted by Crippen LogP contribution is 2.38. The van der Waals surface area contributed by atoms with E-state index in [1.165, 1.54) is 18.3 Å². The number of benzene rings is 1. The molecule has 25 heavy (non-hydrogen) atoms. The molecular formula is C16H11FN4O3S. The van der Waals surface area contributed by atoms with Crippen LogP contribution in [0.15, 0.2) is 53.7 Å². The molecule has 0 fully saturated rings. The standard InChI is InChI=1S/C16H11FN4O3S/c17-9-6-11-13-12(8-19-15(18)14(13)22)21(16(11)20-7-9)25(23,24)10-4-2-1-3-5-10/h1-8,22H,(H2,18,19). The van der Waals surface area contributed by atoms with Crippen LogP contribution in [0.1, 0.15) is 0 Å². The van der Waals surface area contributed by atoms with Gasteiger partial charge in [-0.3, -0.25) is 0 Å². The molecule has 4 rings (SSSR count). The second-order valence-electron chi connectivity index (χ2n) is 5.36. The molecule has 0 aliphatic rings. The number of hydrogen-bond acceptors (Lipinski definition) is 6. The van der Waals surface area contributed by atoms with Gasteiger partial charge in [0, 0.05) is 5.39 Å². The molecule has 0 unspecified atom stereocenters. The maximum Gasteiger partial charge on any atom is 0.269 e. The molecule has 0 aliphatic heterocycles. The first-order chi connectivity index (χ1) is 11.9. The number of anilines is 1. The summed E-state index contributed by atoms with van der Waals surface area (Å²) in [4.78, 5) is 7.75. The quantitative estimate of drug-likeness (QED) is 0.568. The molecule has 3 aromatic heterocycles. The van der Waals surface area contributed by atoms with Crippen LogP contribution in [0, 0.1) is 5.82 Å². The zero-order chi connectivity index (χ0) is 17.8. The Morgan fingerprint density at radius 3 is 2.56 bits per heavy atom. The summed E-state index contributed by atoms with van der Waals surface area (Å²) in [6.45, 7) is 0. The number of hydrogen-bond donors (Lipinski definition) is 2. The molecule has 0 atom stereocenters. The fourth-order valence-corrected chi connectivity index (χ4v) is 4.24. The van der Waals surface area contributed by atoms with Gasteiger partial charge < -0.3 is 10.8 Å². The van der Waals surface area contributed by atoms with Crippen molar-refractivity contribution in [3.8, 4) is 5.75 Å². The molecular weight excluding hydrogens is 347 g/mol. The van der Waals surface area contributed by atoms with Crippen LogP contribution in [0.3, 0.4) is 0 Å². The molecule has 1 aromatic carbocycles. The molecule has 0 amide bonds. The van der Waals surface area contributed by atoms with Crippen molar-refractivity contribution in [2.24, 2.45) is 0 Å². The third-order valence-corrected chi connectivity index (χ3v) is 5.57. The maximum absolute atomic E-state index is 13.7. The lowest BCUT2D eigenvalue weighted by Gasteiger charge is -2.08. The number of nitrogen functional groups attached to an aromatic ring is 1. The van der Waals surface area contributed by atoms with E-state index in [1.807, 2.05) is 0 Å². The molecule has 0 bridgehead atoms. The first-order valence-corrected chi connectivity index (χ1v) is 8.59. The molecule has 126 valence electrons. The van der Waals surface area contributed by atoms with E-state index in [9.17, 15) is 17.9 Å². The van der Waals surface area contributed by atoms with E-state index >= 15 is 0 Å². The zero-order valence-corrected chi connectivity index (χ0v) is 13.4. The van der Waals surface area contributed by atoms with E-state index < -0.39 is 21.6 Å². The Labute approximate surface area is 141 Å². The second-order valence-corrected chi connectivity index (χ2v) is 7.15. The second kappa shape index (κ2) is 5.15. The minimum absolute atomic E-state index is 0.0243. The average molecular weight is 358 g/mol. The number of nitrogens with two attached hydrogens (primary N) is 1. The summed E-state index contributed by atoms with van der Waals surface area (Å²) >= 11 is 0. The maximum atomic E-state index is 13.7. The monoisotopic (exact) mass is 358 g/mol. The fourth-order valence-electron chi connectivity index (χ4n) is 2.76. The van der Waals surface area contributed by atoms with Gasteiger partial charge in [0.15, 0.2) is 17.2 Å². The van der Waals surface area contributed by atoms with E-state index in [2.05, 4.69) is 9.97 Å². The molecule has 3 heterocycles. The number of aromatic hydroxyl groups is 1. The topological polar surface area (TPSA) is 111 Å². The van der Waals surface area contributed by atoms with Gasteiger partial charge in [-0.15, -0.1) is 0 Å². The van der Waals surface area contributed by atoms with Crippen LogP contribution in [0.25, 0.3) is 21.9 Å². The Bertz CT molecular complexity index is 1240. The molecule has 0 spiro atoms. The lowest BCUT2D eigenvalue weighted by atomic mass is 10.2. The Hall–Kier alpha value is -3.20. The lowest BCUT2D eigenvalue weighted by Crippen LogP contribution is -2.13. The molecule has 3 N–H and O–H groups in total. The number of fused-ring (bicyclic) bond motifs is 3. The van der Waals surface area contributed by atoms with Crippen molar-refractivity contribution in [2.75, 3.05) is 5.73 Å². The molecule has 0 radical (unpaired) electrons. The van der Waals surface area contributed by atoms with E-state index in [0.29, 0.717) is 0 Å². The largest absolute Gasteiger partial charge is 0.504 e. The van der Waals surface area contributed by atoms with Gasteiger partial charge in [-0.1, -0.05) is 18.2 Å². The first-order valence-electron chi connectivity index (χ1n) is 7.15. The van der Waals surface area contributed by atoms with Crippen molar-refractivity contribution in [2.45, 2.75) is 4.90 Å². The van der Waals surface area contributed by atoms with Crippen molar-refractivity contribution in [3.63, 3.8) is 0 Å². The number of pyridine rings is 2. The highest BCUT2D eigenvalue weighted by Gasteiger charge is 2.26. The summed E-state index contributed by atoms with van der Waals surface area (Å²) < 4.78 is 40.8. The van der Waals surface area contributed by atoms with Crippen LogP contribution in [-0.2, 0) is 10.0 Å². The zero-order valence-electron chi connectivity index (χ0n) is 12.6. The summed E-state index contributed by atoms with van der Waals surface area (Å²) in [5.41, 5.74) is 5.64. The van der Waals surface area contributed by atoms with Crippen molar-refractivity contribution in [1.82, 2.24) is 13.9 Å². The van der Waals surface area contributed by atoms with E-state index in [4.69, 9.17) is 5.73 Å². The number of rotatable bonds is 2. The van der Waals surface area contributed by atoms with E-state index in [0.717, 1.165) is 16.2 Å². The molecule has 7 nitrogen and oxygen atoms in total. The third-order valence-electron chi connectivity index (χ3n) is 3.86. The van der Waals surface area contributed by atoms with Gasteiger partial charge in [0.1, 0.15) is 5.82 Å². The summed E-state index contributed by atoms with van der Waals surface area (Å²) in [6, 6.07) is 8.82. The van der Waals surface area contributed by atoms with E-state index in [1.54, 1.807) is 18.2 Å². The lowest BCUT2D eigenvalue weighted by molar-refractivity contribution is 0.482. The van der Waals surface area contributed by atoms with Crippen LogP contribution >= 0.6 is 0 Å². The Kier molecular flexibility index (Phi) is 3.16. The van der Waals surface area contributed by atoms with Gasteiger partial charge in [0.2, 0.25) is 0 Å². The fraction of sp³-hybridized carbons (Fsp3) is 0. The van der Waals surface area contributed by atoms with Crippen molar-refractivity contribution >= 4 is 37.8 Å². The van der Waals surface area contributed by atoms with Crippen molar-refractivity contribution in [1.29, 1.82) is 0 Å². The molecule has 0 saturated carbocycles. The summed E-state index contributed by atoms with van der Waals surface area (Å²) in [5, 5.41) is 10.5. The minimum Gasteiger partial charge on any atom is -0.504 e. The summed E-state index contributed by atoms with van der Waals surface area (Å²) in [7, 11) is -4.05. The van der Waals surface area contributed by atoms with Gasteiger partial charge in [-0.05, 0) is 18.2 Å². The van der Waals surface area contributed by atoms with Gasteiger partial charge in [-0.25, -0.2) is 26.7 Å². The van der Waals surface area contributed by atoms with Gasteiger partial charge >= 0.3 is 0 Å². The third kappa shape index (κ3) is 2.13. The van der Waals surface area contributed by atoms with Crippen LogP contribution < -0.4 is 5.73 Å². The van der Waals surface area contributed by atoms with Crippen molar-refractivity contribution < 1.29 is 17.9 Å². The van der Waals surface area contributed by atoms with E-state index in [-0.39, 0.29) is 32.6 Å². The number of halogens is 1. The summed E-state index contributed by atoms with van der Waals surface area (Å²) in [5.74, 6) is -1.27. The van der Waals surface area contributed by atoms with Gasteiger partial charge in [-0.2, -0.15) is 0 Å². The Balaban J connectivity index is 2.23. The number of aromatic nitrogens is 3. The average Bonchev–Trinajstić information content (AvgIpc) is 2.93. The van der Waals surface area contributed by atoms with Crippen LogP contribution in [-0.4, -0.2) is 27.5 Å². The molecule has 9 heteroatoms. The predicted molar refractivity (Wildman–Crippen MR) is 90.1 cm³/mol. The van der Waals surface area contributed by atoms with Gasteiger partial charge in [0.25, 0.3) is 10.0 Å². The molecule has 0 aliphatic carbocycles. The smallest absolute Gasteiger partial charge is 0.269 e. The van der Waals surface area contributed by atoms with Crippen molar-refractivity contribution in [3.05, 3.63) is 54.6 Å². The number of nitrogens with zero attached hydrogens (tertiary/aromatic N) is 3. The highest BCUT2D eigenvalue weighted by atomic mass is 32.2. The van der Waals surface area contributed by atoms with Crippen LogP contribution in [0.5, 0.6) is 5.75 Å². The molecule has 4 aromatic rings.